The number of rotatable bonds is 5. The Morgan fingerprint density at radius 2 is 1.54 bits per heavy atom. The molecule has 0 spiro atoms. The van der Waals surface area contributed by atoms with Gasteiger partial charge in [-0.15, -0.1) is 12.4 Å². The summed E-state index contributed by atoms with van der Waals surface area (Å²) in [5.74, 6) is 1.79. The number of hydrogen-bond donors (Lipinski definition) is 3. The minimum Gasteiger partial charge on any atom is -0.504 e. The first kappa shape index (κ1) is 20.0. The van der Waals surface area contributed by atoms with Crippen LogP contribution in [0.15, 0.2) is 24.3 Å². The van der Waals surface area contributed by atoms with Crippen LogP contribution < -0.4 is 19.5 Å². The Bertz CT molecular complexity index is 781. The molecular formula is C19H24ClNO5. The molecule has 0 saturated carbocycles. The van der Waals surface area contributed by atoms with Crippen LogP contribution in [0.2, 0.25) is 0 Å². The zero-order valence-corrected chi connectivity index (χ0v) is 15.9. The van der Waals surface area contributed by atoms with Gasteiger partial charge < -0.3 is 29.7 Å². The Morgan fingerprint density at radius 3 is 2.19 bits per heavy atom. The number of fused-ring (bicyclic) bond motifs is 1. The molecule has 0 bridgehead atoms. The minimum absolute atomic E-state index is 0. The number of halogens is 1. The standard InChI is InChI=1S/C19H23NO5.ClH/c1-23-17-10-19(25-3)18(24-2)8-12(17)6-14-13-9-16(22)15(21)7-11(13)4-5-20-14;/h7-10,14,20-22H,4-6H2,1-3H3;1H. The summed E-state index contributed by atoms with van der Waals surface area (Å²) >= 11 is 0. The molecule has 0 saturated heterocycles. The van der Waals surface area contributed by atoms with E-state index >= 15 is 0 Å². The Labute approximate surface area is 159 Å². The Morgan fingerprint density at radius 1 is 0.923 bits per heavy atom. The van der Waals surface area contributed by atoms with Gasteiger partial charge >= 0.3 is 0 Å². The second-order valence-corrected chi connectivity index (χ2v) is 6.02. The summed E-state index contributed by atoms with van der Waals surface area (Å²) in [4.78, 5) is 0. The van der Waals surface area contributed by atoms with Crippen LogP contribution in [0.1, 0.15) is 22.7 Å². The summed E-state index contributed by atoms with van der Waals surface area (Å²) in [6, 6.07) is 7.00. The molecule has 3 rings (SSSR count). The van der Waals surface area contributed by atoms with Crippen molar-refractivity contribution in [3.8, 4) is 28.7 Å². The van der Waals surface area contributed by atoms with Gasteiger partial charge in [0.05, 0.1) is 21.3 Å². The monoisotopic (exact) mass is 381 g/mol. The molecule has 0 fully saturated rings. The molecule has 1 atom stereocenters. The lowest BCUT2D eigenvalue weighted by atomic mass is 9.89. The molecule has 7 heteroatoms. The molecule has 3 N–H and O–H groups in total. The fourth-order valence-corrected chi connectivity index (χ4v) is 3.32. The van der Waals surface area contributed by atoms with E-state index in [-0.39, 0.29) is 29.9 Å². The summed E-state index contributed by atoms with van der Waals surface area (Å²) in [6.45, 7) is 0.803. The van der Waals surface area contributed by atoms with Crippen LogP contribution in [0, 0.1) is 0 Å². The summed E-state index contributed by atoms with van der Waals surface area (Å²) < 4.78 is 16.2. The molecule has 0 aliphatic carbocycles. The van der Waals surface area contributed by atoms with Crippen LogP contribution >= 0.6 is 12.4 Å². The molecule has 142 valence electrons. The van der Waals surface area contributed by atoms with Crippen molar-refractivity contribution in [3.05, 3.63) is 41.0 Å². The third-order valence-electron chi connectivity index (χ3n) is 4.61. The molecule has 6 nitrogen and oxygen atoms in total. The van der Waals surface area contributed by atoms with Crippen LogP contribution in [-0.4, -0.2) is 38.1 Å². The van der Waals surface area contributed by atoms with Crippen molar-refractivity contribution < 1.29 is 24.4 Å². The average Bonchev–Trinajstić information content (AvgIpc) is 2.62. The highest BCUT2D eigenvalue weighted by molar-refractivity contribution is 5.85. The fraction of sp³-hybridized carbons (Fsp3) is 0.368. The summed E-state index contributed by atoms with van der Waals surface area (Å²) in [5.41, 5.74) is 3.00. The molecule has 0 radical (unpaired) electrons. The summed E-state index contributed by atoms with van der Waals surface area (Å²) in [7, 11) is 4.81. The van der Waals surface area contributed by atoms with Crippen LogP contribution in [0.3, 0.4) is 0 Å². The smallest absolute Gasteiger partial charge is 0.164 e. The lowest BCUT2D eigenvalue weighted by Gasteiger charge is -2.28. The predicted octanol–water partition coefficient (Wildman–Crippen LogP) is 2.97. The van der Waals surface area contributed by atoms with Crippen molar-refractivity contribution in [2.24, 2.45) is 0 Å². The van der Waals surface area contributed by atoms with Crippen LogP contribution in [0.25, 0.3) is 0 Å². The van der Waals surface area contributed by atoms with Crippen LogP contribution in [0.5, 0.6) is 28.7 Å². The van der Waals surface area contributed by atoms with Crippen molar-refractivity contribution in [1.29, 1.82) is 0 Å². The fourth-order valence-electron chi connectivity index (χ4n) is 3.32. The zero-order valence-electron chi connectivity index (χ0n) is 15.0. The van der Waals surface area contributed by atoms with E-state index in [1.54, 1.807) is 33.5 Å². The number of phenols is 2. The number of hydrogen-bond acceptors (Lipinski definition) is 6. The highest BCUT2D eigenvalue weighted by Crippen LogP contribution is 2.39. The van der Waals surface area contributed by atoms with E-state index in [0.717, 1.165) is 35.4 Å². The molecule has 2 aromatic carbocycles. The highest BCUT2D eigenvalue weighted by atomic mass is 35.5. The van der Waals surface area contributed by atoms with Gasteiger partial charge in [0.1, 0.15) is 5.75 Å². The van der Waals surface area contributed by atoms with Gasteiger partial charge in [0.15, 0.2) is 23.0 Å². The number of nitrogens with one attached hydrogen (secondary N) is 1. The van der Waals surface area contributed by atoms with Gasteiger partial charge in [-0.25, -0.2) is 0 Å². The van der Waals surface area contributed by atoms with E-state index < -0.39 is 0 Å². The first-order valence-corrected chi connectivity index (χ1v) is 8.14. The van der Waals surface area contributed by atoms with Gasteiger partial charge in [-0.05, 0) is 54.3 Å². The van der Waals surface area contributed by atoms with Crippen molar-refractivity contribution in [2.75, 3.05) is 27.9 Å². The van der Waals surface area contributed by atoms with Gasteiger partial charge in [0, 0.05) is 12.1 Å². The van der Waals surface area contributed by atoms with Crippen molar-refractivity contribution >= 4 is 12.4 Å². The van der Waals surface area contributed by atoms with E-state index in [0.29, 0.717) is 17.9 Å². The van der Waals surface area contributed by atoms with Crippen molar-refractivity contribution in [1.82, 2.24) is 5.32 Å². The quantitative estimate of drug-likeness (QED) is 0.691. The van der Waals surface area contributed by atoms with Gasteiger partial charge in [0.25, 0.3) is 0 Å². The first-order chi connectivity index (χ1) is 12.1. The molecule has 26 heavy (non-hydrogen) atoms. The average molecular weight is 382 g/mol. The van der Waals surface area contributed by atoms with Crippen molar-refractivity contribution in [2.45, 2.75) is 18.9 Å². The predicted molar refractivity (Wildman–Crippen MR) is 101 cm³/mol. The number of aromatic hydroxyl groups is 2. The molecule has 0 aromatic heterocycles. The number of methoxy groups -OCH3 is 3. The second-order valence-electron chi connectivity index (χ2n) is 6.02. The second kappa shape index (κ2) is 8.38. The van der Waals surface area contributed by atoms with E-state index in [1.807, 2.05) is 12.1 Å². The number of benzene rings is 2. The molecule has 1 heterocycles. The maximum absolute atomic E-state index is 9.87. The third kappa shape index (κ3) is 3.76. The van der Waals surface area contributed by atoms with Crippen LogP contribution in [0.4, 0.5) is 0 Å². The zero-order chi connectivity index (χ0) is 18.0. The first-order valence-electron chi connectivity index (χ1n) is 8.14. The normalized spacial score (nSPS) is 15.6. The lowest BCUT2D eigenvalue weighted by molar-refractivity contribution is 0.346. The highest BCUT2D eigenvalue weighted by Gasteiger charge is 2.24. The van der Waals surface area contributed by atoms with Gasteiger partial charge in [0.2, 0.25) is 0 Å². The third-order valence-corrected chi connectivity index (χ3v) is 4.61. The molecular weight excluding hydrogens is 358 g/mol. The Kier molecular flexibility index (Phi) is 6.45. The SMILES string of the molecule is COc1cc(OC)c(OC)cc1CC1NCCc2cc(O)c(O)cc21.Cl. The van der Waals surface area contributed by atoms with Crippen molar-refractivity contribution in [3.63, 3.8) is 0 Å². The number of ether oxygens (including phenoxy) is 3. The lowest BCUT2D eigenvalue weighted by Crippen LogP contribution is -2.31. The van der Waals surface area contributed by atoms with E-state index in [9.17, 15) is 10.2 Å². The van der Waals surface area contributed by atoms with E-state index in [1.165, 1.54) is 0 Å². The molecule has 2 aromatic rings. The van der Waals surface area contributed by atoms with Crippen LogP contribution in [-0.2, 0) is 12.8 Å². The van der Waals surface area contributed by atoms with E-state index in [4.69, 9.17) is 14.2 Å². The topological polar surface area (TPSA) is 80.2 Å². The maximum atomic E-state index is 9.87. The van der Waals surface area contributed by atoms with Gasteiger partial charge in [-0.3, -0.25) is 0 Å². The molecule has 1 unspecified atom stereocenters. The molecule has 1 aliphatic heterocycles. The summed E-state index contributed by atoms with van der Waals surface area (Å²) in [6.07, 6.45) is 1.46. The minimum atomic E-state index is -0.105. The molecule has 1 aliphatic rings. The molecule has 0 amide bonds. The summed E-state index contributed by atoms with van der Waals surface area (Å²) in [5, 5.41) is 23.1. The largest absolute Gasteiger partial charge is 0.504 e. The Balaban J connectivity index is 0.00000243. The number of phenolic OH excluding ortho intramolecular Hbond substituents is 2. The van der Waals surface area contributed by atoms with E-state index in [2.05, 4.69) is 5.32 Å². The van der Waals surface area contributed by atoms with Gasteiger partial charge in [-0.1, -0.05) is 0 Å². The maximum Gasteiger partial charge on any atom is 0.164 e. The van der Waals surface area contributed by atoms with Gasteiger partial charge in [-0.2, -0.15) is 0 Å². The Hall–Kier alpha value is -2.31.